The molecule has 0 saturated carbocycles. The minimum absolute atomic E-state index is 0.300. The van der Waals surface area contributed by atoms with Crippen molar-refractivity contribution in [2.45, 2.75) is 34.6 Å². The van der Waals surface area contributed by atoms with Crippen LogP contribution in [0.5, 0.6) is 0 Å². The van der Waals surface area contributed by atoms with Gasteiger partial charge in [-0.3, -0.25) is 4.79 Å². The first-order valence-electron chi connectivity index (χ1n) is 6.18. The Morgan fingerprint density at radius 3 is 2.05 bits per heavy atom. The minimum atomic E-state index is -3.69. The fourth-order valence-corrected chi connectivity index (χ4v) is 1.82. The summed E-state index contributed by atoms with van der Waals surface area (Å²) in [7, 11) is -3.69. The number of halogens is 2. The molecule has 0 unspecified atom stereocenters. The number of aryl methyl sites for hydroxylation is 1. The molecule has 0 aromatic heterocycles. The third kappa shape index (κ3) is 7.59. The van der Waals surface area contributed by atoms with Crippen molar-refractivity contribution in [3.63, 3.8) is 0 Å². The summed E-state index contributed by atoms with van der Waals surface area (Å²) in [4.78, 5) is 11.4. The summed E-state index contributed by atoms with van der Waals surface area (Å²) in [5, 5.41) is 0. The van der Waals surface area contributed by atoms with Crippen molar-refractivity contribution in [2.75, 3.05) is 6.26 Å². The van der Waals surface area contributed by atoms with E-state index in [1.807, 2.05) is 27.7 Å². The van der Waals surface area contributed by atoms with E-state index in [1.165, 1.54) is 6.07 Å². The van der Waals surface area contributed by atoms with Gasteiger partial charge in [0, 0.05) is 4.47 Å². The summed E-state index contributed by atoms with van der Waals surface area (Å²) in [6.07, 6.45) is 0.828. The molecule has 0 aliphatic carbocycles. The smallest absolute Gasteiger partial charge is 0.267 e. The second-order valence-electron chi connectivity index (χ2n) is 3.28. The second kappa shape index (κ2) is 9.88. The fourth-order valence-electron chi connectivity index (χ4n) is 1.05. The monoisotopic (exact) mass is 369 g/mol. The van der Waals surface area contributed by atoms with Crippen LogP contribution in [-0.4, -0.2) is 20.6 Å². The van der Waals surface area contributed by atoms with E-state index in [0.717, 1.165) is 12.3 Å². The highest BCUT2D eigenvalue weighted by molar-refractivity contribution is 9.10. The van der Waals surface area contributed by atoms with Gasteiger partial charge < -0.3 is 0 Å². The molecule has 1 amide bonds. The van der Waals surface area contributed by atoms with Crippen LogP contribution in [0, 0.1) is 12.7 Å². The molecule has 1 aromatic rings. The number of rotatable bonds is 2. The third-order valence-corrected chi connectivity index (χ3v) is 3.18. The van der Waals surface area contributed by atoms with Gasteiger partial charge in [0.15, 0.2) is 0 Å². The Bertz CT molecular complexity index is 545. The van der Waals surface area contributed by atoms with Crippen LogP contribution in [0.15, 0.2) is 16.6 Å². The van der Waals surface area contributed by atoms with Crippen LogP contribution < -0.4 is 4.72 Å². The van der Waals surface area contributed by atoms with Gasteiger partial charge in [0.2, 0.25) is 10.0 Å². The number of carbonyl (C=O) groups excluding carboxylic acids is 1. The highest BCUT2D eigenvalue weighted by atomic mass is 79.9. The van der Waals surface area contributed by atoms with Crippen molar-refractivity contribution in [1.29, 1.82) is 0 Å². The Morgan fingerprint density at radius 2 is 1.65 bits per heavy atom. The van der Waals surface area contributed by atoms with Gasteiger partial charge in [-0.15, -0.1) is 0 Å². The van der Waals surface area contributed by atoms with E-state index in [2.05, 4.69) is 15.9 Å². The van der Waals surface area contributed by atoms with E-state index in [1.54, 1.807) is 11.6 Å². The van der Waals surface area contributed by atoms with Crippen molar-refractivity contribution in [1.82, 2.24) is 4.72 Å². The number of hydrogen-bond acceptors (Lipinski definition) is 3. The maximum absolute atomic E-state index is 13.4. The summed E-state index contributed by atoms with van der Waals surface area (Å²) in [5.74, 6) is -1.76. The molecule has 0 atom stereocenters. The van der Waals surface area contributed by atoms with E-state index >= 15 is 0 Å². The van der Waals surface area contributed by atoms with Gasteiger partial charge in [-0.2, -0.15) is 0 Å². The molecule has 0 radical (unpaired) electrons. The summed E-state index contributed by atoms with van der Waals surface area (Å²) in [6, 6.07) is 2.40. The van der Waals surface area contributed by atoms with Crippen LogP contribution in [0.3, 0.4) is 0 Å². The highest BCUT2D eigenvalue weighted by Gasteiger charge is 2.16. The molecule has 0 saturated heterocycles. The van der Waals surface area contributed by atoms with Crippen molar-refractivity contribution in [2.24, 2.45) is 0 Å². The molecular formula is C13H21BrFNO3S. The van der Waals surface area contributed by atoms with Crippen molar-refractivity contribution >= 4 is 31.9 Å². The van der Waals surface area contributed by atoms with Gasteiger partial charge >= 0.3 is 0 Å². The molecule has 1 rings (SSSR count). The number of benzene rings is 1. The van der Waals surface area contributed by atoms with Crippen LogP contribution in [0.25, 0.3) is 0 Å². The standard InChI is InChI=1S/C9H9BrFNO3S.2C2H6/c1-5-3-6(8(11)4-7(5)10)9(13)12-16(2,14)15;2*1-2/h3-4H,1-2H3,(H,12,13);2*1-2H3. The Hall–Kier alpha value is -0.950. The molecule has 116 valence electrons. The Balaban J connectivity index is 0. The Morgan fingerprint density at radius 1 is 1.20 bits per heavy atom. The normalized spacial score (nSPS) is 9.60. The minimum Gasteiger partial charge on any atom is -0.268 e. The van der Waals surface area contributed by atoms with Gasteiger partial charge in [-0.05, 0) is 24.6 Å². The number of nitrogens with one attached hydrogen (secondary N) is 1. The molecule has 7 heteroatoms. The second-order valence-corrected chi connectivity index (χ2v) is 5.89. The van der Waals surface area contributed by atoms with E-state index in [0.29, 0.717) is 10.0 Å². The van der Waals surface area contributed by atoms with E-state index in [-0.39, 0.29) is 5.56 Å². The van der Waals surface area contributed by atoms with Crippen LogP contribution in [-0.2, 0) is 10.0 Å². The lowest BCUT2D eigenvalue weighted by molar-refractivity contribution is 0.0977. The molecule has 0 aliphatic heterocycles. The summed E-state index contributed by atoms with van der Waals surface area (Å²) < 4.78 is 37.2. The zero-order chi connectivity index (χ0) is 16.5. The molecule has 0 aliphatic rings. The van der Waals surface area contributed by atoms with Gasteiger partial charge in [-0.25, -0.2) is 17.5 Å². The summed E-state index contributed by atoms with van der Waals surface area (Å²) in [6.45, 7) is 9.67. The van der Waals surface area contributed by atoms with Crippen LogP contribution in [0.1, 0.15) is 43.6 Å². The van der Waals surface area contributed by atoms with Crippen LogP contribution >= 0.6 is 15.9 Å². The SMILES string of the molecule is CC.CC.Cc1cc(C(=O)NS(C)(=O)=O)c(F)cc1Br. The fraction of sp³-hybridized carbons (Fsp3) is 0.462. The maximum atomic E-state index is 13.4. The maximum Gasteiger partial charge on any atom is 0.267 e. The topological polar surface area (TPSA) is 63.2 Å². The van der Waals surface area contributed by atoms with Crippen LogP contribution in [0.2, 0.25) is 0 Å². The number of carbonyl (C=O) groups is 1. The number of hydrogen-bond donors (Lipinski definition) is 1. The summed E-state index contributed by atoms with van der Waals surface area (Å²) in [5.41, 5.74) is 0.339. The van der Waals surface area contributed by atoms with Gasteiger partial charge in [0.25, 0.3) is 5.91 Å². The average Bonchev–Trinajstić information content (AvgIpc) is 2.36. The largest absolute Gasteiger partial charge is 0.268 e. The molecule has 0 fully saturated rings. The van der Waals surface area contributed by atoms with Gasteiger partial charge in [0.05, 0.1) is 11.8 Å². The van der Waals surface area contributed by atoms with Crippen molar-refractivity contribution in [3.8, 4) is 0 Å². The Labute approximate surface area is 129 Å². The van der Waals surface area contributed by atoms with Gasteiger partial charge in [-0.1, -0.05) is 43.6 Å². The predicted molar refractivity (Wildman–Crippen MR) is 83.8 cm³/mol. The first-order valence-corrected chi connectivity index (χ1v) is 8.87. The molecule has 0 spiro atoms. The molecular weight excluding hydrogens is 349 g/mol. The first kappa shape index (κ1) is 21.4. The van der Waals surface area contributed by atoms with E-state index in [4.69, 9.17) is 0 Å². The molecule has 20 heavy (non-hydrogen) atoms. The number of sulfonamides is 1. The van der Waals surface area contributed by atoms with Crippen molar-refractivity contribution < 1.29 is 17.6 Å². The van der Waals surface area contributed by atoms with Gasteiger partial charge in [0.1, 0.15) is 5.82 Å². The molecule has 4 nitrogen and oxygen atoms in total. The summed E-state index contributed by atoms with van der Waals surface area (Å²) >= 11 is 3.10. The Kier molecular flexibility index (Phi) is 10.5. The number of amides is 1. The predicted octanol–water partition coefficient (Wildman–Crippen LogP) is 3.64. The first-order chi connectivity index (χ1) is 9.20. The third-order valence-electron chi connectivity index (χ3n) is 1.77. The van der Waals surface area contributed by atoms with Crippen LogP contribution in [0.4, 0.5) is 4.39 Å². The molecule has 0 bridgehead atoms. The average molecular weight is 370 g/mol. The van der Waals surface area contributed by atoms with E-state index < -0.39 is 21.7 Å². The zero-order valence-electron chi connectivity index (χ0n) is 12.5. The van der Waals surface area contributed by atoms with E-state index in [9.17, 15) is 17.6 Å². The highest BCUT2D eigenvalue weighted by Crippen LogP contribution is 2.20. The quantitative estimate of drug-likeness (QED) is 0.865. The molecule has 0 heterocycles. The lowest BCUT2D eigenvalue weighted by atomic mass is 10.1. The zero-order valence-corrected chi connectivity index (χ0v) is 14.9. The van der Waals surface area contributed by atoms with Crippen molar-refractivity contribution in [3.05, 3.63) is 33.5 Å². The molecule has 1 N–H and O–H groups in total. The lowest BCUT2D eigenvalue weighted by Gasteiger charge is -2.06. The molecule has 1 aromatic carbocycles. The lowest BCUT2D eigenvalue weighted by Crippen LogP contribution is -2.30.